The molecular weight excluding hydrogens is 250 g/mol. The summed E-state index contributed by atoms with van der Waals surface area (Å²) in [4.78, 5) is 15.6. The number of ether oxygens (including phenoxy) is 1. The van der Waals surface area contributed by atoms with Gasteiger partial charge < -0.3 is 4.74 Å². The Kier molecular flexibility index (Phi) is 3.63. The number of carbonyl (C=O) groups excluding carboxylic acids is 1. The van der Waals surface area contributed by atoms with Gasteiger partial charge in [0.25, 0.3) is 0 Å². The Morgan fingerprint density at radius 1 is 1.33 bits per heavy atom. The van der Waals surface area contributed by atoms with E-state index < -0.39 is 0 Å². The second kappa shape index (κ2) is 5.19. The molecule has 0 radical (unpaired) electrons. The second-order valence-electron chi connectivity index (χ2n) is 3.85. The maximum Gasteiger partial charge on any atom is 0.221 e. The number of hydrogen-bond acceptors (Lipinski definition) is 3. The number of rotatable bonds is 3. The van der Waals surface area contributed by atoms with Crippen LogP contribution in [-0.4, -0.2) is 17.9 Å². The van der Waals surface area contributed by atoms with Gasteiger partial charge in [-0.25, -0.2) is 4.98 Å². The predicted octanol–water partition coefficient (Wildman–Crippen LogP) is 3.61. The summed E-state index contributed by atoms with van der Waals surface area (Å²) >= 11 is 6.03. The molecule has 18 heavy (non-hydrogen) atoms. The maximum absolute atomic E-state index is 11.4. The van der Waals surface area contributed by atoms with E-state index in [0.717, 1.165) is 11.1 Å². The van der Waals surface area contributed by atoms with Crippen LogP contribution < -0.4 is 4.74 Å². The minimum Gasteiger partial charge on any atom is -0.481 e. The van der Waals surface area contributed by atoms with E-state index in [-0.39, 0.29) is 5.78 Å². The third-order valence-corrected chi connectivity index (χ3v) is 2.80. The molecule has 0 fully saturated rings. The topological polar surface area (TPSA) is 39.2 Å². The summed E-state index contributed by atoms with van der Waals surface area (Å²) in [6.07, 6.45) is 1.65. The minimum absolute atomic E-state index is 0.0263. The first-order valence-corrected chi connectivity index (χ1v) is 5.80. The Balaban J connectivity index is 2.60. The van der Waals surface area contributed by atoms with Crippen LogP contribution in [0.5, 0.6) is 5.88 Å². The molecule has 0 saturated carbocycles. The Labute approximate surface area is 110 Å². The molecule has 0 N–H and O–H groups in total. The monoisotopic (exact) mass is 261 g/mol. The molecule has 0 unspecified atom stereocenters. The smallest absolute Gasteiger partial charge is 0.221 e. The zero-order chi connectivity index (χ0) is 13.1. The average molecular weight is 262 g/mol. The zero-order valence-electron chi connectivity index (χ0n) is 10.1. The largest absolute Gasteiger partial charge is 0.481 e. The van der Waals surface area contributed by atoms with Crippen LogP contribution in [0.4, 0.5) is 0 Å². The molecule has 0 aliphatic heterocycles. The van der Waals surface area contributed by atoms with Crippen molar-refractivity contribution < 1.29 is 9.53 Å². The molecule has 4 heteroatoms. The van der Waals surface area contributed by atoms with Crippen molar-refractivity contribution in [3.8, 4) is 17.0 Å². The molecule has 3 nitrogen and oxygen atoms in total. The number of aromatic nitrogens is 1. The highest BCUT2D eigenvalue weighted by Gasteiger charge is 2.10. The molecule has 0 bridgehead atoms. The van der Waals surface area contributed by atoms with Crippen molar-refractivity contribution in [3.63, 3.8) is 0 Å². The van der Waals surface area contributed by atoms with Gasteiger partial charge in [-0.1, -0.05) is 11.6 Å². The van der Waals surface area contributed by atoms with E-state index in [1.54, 1.807) is 31.5 Å². The fraction of sp³-hybridized carbons (Fsp3) is 0.143. The zero-order valence-corrected chi connectivity index (χ0v) is 10.9. The van der Waals surface area contributed by atoms with E-state index in [1.165, 1.54) is 6.92 Å². The third kappa shape index (κ3) is 2.51. The Morgan fingerprint density at radius 3 is 2.78 bits per heavy atom. The summed E-state index contributed by atoms with van der Waals surface area (Å²) in [5, 5.41) is 0.517. The number of hydrogen-bond donors (Lipinski definition) is 0. The number of Topliss-reactive ketones (excluding diaryl/α,β-unsaturated/α-hetero) is 1. The van der Waals surface area contributed by atoms with Crippen molar-refractivity contribution in [1.82, 2.24) is 4.98 Å². The van der Waals surface area contributed by atoms with Crippen LogP contribution in [0.15, 0.2) is 36.5 Å². The highest BCUT2D eigenvalue weighted by molar-refractivity contribution is 6.31. The van der Waals surface area contributed by atoms with Gasteiger partial charge in [0, 0.05) is 22.3 Å². The second-order valence-corrected chi connectivity index (χ2v) is 4.28. The summed E-state index contributed by atoms with van der Waals surface area (Å²) in [7, 11) is 1.56. The first kappa shape index (κ1) is 12.6. The first-order chi connectivity index (χ1) is 8.61. The van der Waals surface area contributed by atoms with Crippen LogP contribution >= 0.6 is 11.6 Å². The maximum atomic E-state index is 11.4. The lowest BCUT2D eigenvalue weighted by atomic mass is 10.0. The molecule has 1 heterocycles. The molecule has 1 aromatic carbocycles. The predicted molar refractivity (Wildman–Crippen MR) is 71.2 cm³/mol. The fourth-order valence-corrected chi connectivity index (χ4v) is 1.96. The number of ketones is 1. The lowest BCUT2D eigenvalue weighted by Crippen LogP contribution is -1.95. The fourth-order valence-electron chi connectivity index (χ4n) is 1.72. The van der Waals surface area contributed by atoms with Gasteiger partial charge >= 0.3 is 0 Å². The summed E-state index contributed by atoms with van der Waals surface area (Å²) in [5.41, 5.74) is 2.20. The highest BCUT2D eigenvalue weighted by Crippen LogP contribution is 2.30. The van der Waals surface area contributed by atoms with E-state index in [4.69, 9.17) is 16.3 Å². The summed E-state index contributed by atoms with van der Waals surface area (Å²) < 4.78 is 5.20. The Hall–Kier alpha value is -1.87. The van der Waals surface area contributed by atoms with Crippen molar-refractivity contribution >= 4 is 17.4 Å². The van der Waals surface area contributed by atoms with Crippen LogP contribution in [0.1, 0.15) is 17.3 Å². The number of pyridine rings is 1. The molecule has 1 aromatic heterocycles. The van der Waals surface area contributed by atoms with Crippen molar-refractivity contribution in [2.24, 2.45) is 0 Å². The molecule has 0 amide bonds. The van der Waals surface area contributed by atoms with E-state index >= 15 is 0 Å². The molecule has 0 atom stereocenters. The number of methoxy groups -OCH3 is 1. The number of nitrogens with zero attached hydrogens (tertiary/aromatic N) is 1. The number of halogens is 1. The number of carbonyl (C=O) groups is 1. The third-order valence-electron chi connectivity index (χ3n) is 2.58. The number of benzene rings is 1. The van der Waals surface area contributed by atoms with Gasteiger partial charge in [0.05, 0.1) is 7.11 Å². The lowest BCUT2D eigenvalue weighted by Gasteiger charge is -2.08. The summed E-state index contributed by atoms with van der Waals surface area (Å²) in [6, 6.07) is 8.91. The van der Waals surface area contributed by atoms with Gasteiger partial charge in [0.1, 0.15) is 0 Å². The van der Waals surface area contributed by atoms with Crippen LogP contribution in [0.3, 0.4) is 0 Å². The van der Waals surface area contributed by atoms with Crippen LogP contribution in [0.2, 0.25) is 5.02 Å². The van der Waals surface area contributed by atoms with E-state index in [2.05, 4.69) is 4.98 Å². The van der Waals surface area contributed by atoms with E-state index in [0.29, 0.717) is 16.5 Å². The van der Waals surface area contributed by atoms with Crippen LogP contribution in [0.25, 0.3) is 11.1 Å². The molecule has 0 aliphatic rings. The molecule has 0 saturated heterocycles. The van der Waals surface area contributed by atoms with E-state index in [1.807, 2.05) is 12.1 Å². The average Bonchev–Trinajstić information content (AvgIpc) is 2.38. The van der Waals surface area contributed by atoms with Gasteiger partial charge in [-0.2, -0.15) is 0 Å². The SMILES string of the molecule is COc1ncccc1-c1cc(Cl)cc(C(C)=O)c1. The normalized spacial score (nSPS) is 10.2. The molecule has 92 valence electrons. The molecule has 0 aliphatic carbocycles. The minimum atomic E-state index is -0.0263. The van der Waals surface area contributed by atoms with Gasteiger partial charge in [-0.3, -0.25) is 4.79 Å². The van der Waals surface area contributed by atoms with E-state index in [9.17, 15) is 4.79 Å². The lowest BCUT2D eigenvalue weighted by molar-refractivity contribution is 0.101. The van der Waals surface area contributed by atoms with Crippen LogP contribution in [-0.2, 0) is 0 Å². The summed E-state index contributed by atoms with van der Waals surface area (Å²) in [6.45, 7) is 1.51. The molecule has 2 rings (SSSR count). The van der Waals surface area contributed by atoms with Crippen LogP contribution in [0, 0.1) is 0 Å². The Bertz CT molecular complexity index is 596. The highest BCUT2D eigenvalue weighted by atomic mass is 35.5. The van der Waals surface area contributed by atoms with Gasteiger partial charge in [-0.05, 0) is 42.8 Å². The van der Waals surface area contributed by atoms with Gasteiger partial charge in [0.15, 0.2) is 5.78 Å². The molecular formula is C14H12ClNO2. The summed E-state index contributed by atoms with van der Waals surface area (Å²) in [5.74, 6) is 0.482. The van der Waals surface area contributed by atoms with Gasteiger partial charge in [-0.15, -0.1) is 0 Å². The van der Waals surface area contributed by atoms with Gasteiger partial charge in [0.2, 0.25) is 5.88 Å². The van der Waals surface area contributed by atoms with Crippen molar-refractivity contribution in [2.75, 3.05) is 7.11 Å². The van der Waals surface area contributed by atoms with Crippen molar-refractivity contribution in [2.45, 2.75) is 6.92 Å². The standard InChI is InChI=1S/C14H12ClNO2/c1-9(17)10-6-11(8-12(15)7-10)13-4-3-5-16-14(13)18-2/h3-8H,1-2H3. The molecule has 0 spiro atoms. The van der Waals surface area contributed by atoms with Crippen molar-refractivity contribution in [1.29, 1.82) is 0 Å². The quantitative estimate of drug-likeness (QED) is 0.793. The van der Waals surface area contributed by atoms with Crippen molar-refractivity contribution in [3.05, 3.63) is 47.1 Å². The molecule has 2 aromatic rings. The Morgan fingerprint density at radius 2 is 2.11 bits per heavy atom. The first-order valence-electron chi connectivity index (χ1n) is 5.42.